The second-order valence-electron chi connectivity index (χ2n) is 4.98. The molecule has 0 aliphatic carbocycles. The Bertz CT molecular complexity index is 957. The number of aromatic nitrogens is 1. The first-order valence-corrected chi connectivity index (χ1v) is 8.41. The van der Waals surface area contributed by atoms with E-state index in [1.165, 1.54) is 6.21 Å². The van der Waals surface area contributed by atoms with Gasteiger partial charge in [0.05, 0.1) is 16.8 Å². The van der Waals surface area contributed by atoms with Gasteiger partial charge in [-0.05, 0) is 37.3 Å². The van der Waals surface area contributed by atoms with E-state index in [2.05, 4.69) is 9.38 Å². The van der Waals surface area contributed by atoms with Gasteiger partial charge in [0, 0.05) is 15.9 Å². The van der Waals surface area contributed by atoms with Gasteiger partial charge in [-0.1, -0.05) is 35.4 Å². The number of rotatable bonds is 3. The number of aromatic amines is 1. The number of H-pyrrole nitrogens is 1. The van der Waals surface area contributed by atoms with Crippen molar-refractivity contribution in [3.05, 3.63) is 64.8 Å². The Morgan fingerprint density at radius 1 is 1.09 bits per heavy atom. The van der Waals surface area contributed by atoms with Crippen molar-refractivity contribution in [1.82, 2.24) is 4.98 Å². The molecule has 6 heteroatoms. The van der Waals surface area contributed by atoms with Crippen molar-refractivity contribution in [3.63, 3.8) is 0 Å². The quantitative estimate of drug-likeness (QED) is 0.738. The molecule has 1 N–H and O–H groups in total. The SMILES string of the molecule is Cc1ccc(S(=O)(=O)/N=C/c2cc3ccc(Cl)cc3[nH]2)cc1. The molecule has 0 unspecified atom stereocenters. The number of hydrogen-bond donors (Lipinski definition) is 1. The smallest absolute Gasteiger partial charge is 0.282 e. The van der Waals surface area contributed by atoms with Gasteiger partial charge in [0.1, 0.15) is 0 Å². The van der Waals surface area contributed by atoms with Crippen molar-refractivity contribution in [1.29, 1.82) is 0 Å². The van der Waals surface area contributed by atoms with Gasteiger partial charge in [0.25, 0.3) is 10.0 Å². The van der Waals surface area contributed by atoms with Crippen LogP contribution in [0.1, 0.15) is 11.3 Å². The summed E-state index contributed by atoms with van der Waals surface area (Å²) in [5.41, 5.74) is 2.44. The number of halogens is 1. The minimum absolute atomic E-state index is 0.175. The van der Waals surface area contributed by atoms with Gasteiger partial charge in [0.15, 0.2) is 0 Å². The molecule has 2 aromatic carbocycles. The molecule has 3 aromatic rings. The summed E-state index contributed by atoms with van der Waals surface area (Å²) in [4.78, 5) is 3.25. The molecule has 0 saturated heterocycles. The van der Waals surface area contributed by atoms with Gasteiger partial charge < -0.3 is 4.98 Å². The van der Waals surface area contributed by atoms with Crippen LogP contribution < -0.4 is 0 Å². The van der Waals surface area contributed by atoms with Crippen molar-refractivity contribution in [2.75, 3.05) is 0 Å². The lowest BCUT2D eigenvalue weighted by atomic mass is 10.2. The van der Waals surface area contributed by atoms with E-state index in [-0.39, 0.29) is 4.90 Å². The third-order valence-electron chi connectivity index (χ3n) is 3.25. The maximum absolute atomic E-state index is 12.2. The number of hydrogen-bond acceptors (Lipinski definition) is 2. The molecule has 0 amide bonds. The predicted molar refractivity (Wildman–Crippen MR) is 89.3 cm³/mol. The Balaban J connectivity index is 1.92. The zero-order chi connectivity index (χ0) is 15.7. The largest absolute Gasteiger partial charge is 0.354 e. The number of nitrogens with one attached hydrogen (secondary N) is 1. The first-order valence-electron chi connectivity index (χ1n) is 6.59. The molecule has 4 nitrogen and oxygen atoms in total. The van der Waals surface area contributed by atoms with Crippen LogP contribution in [0.3, 0.4) is 0 Å². The molecule has 0 saturated carbocycles. The average Bonchev–Trinajstić information content (AvgIpc) is 2.88. The van der Waals surface area contributed by atoms with Crippen molar-refractivity contribution in [3.8, 4) is 0 Å². The molecular weight excluding hydrogens is 320 g/mol. The summed E-state index contributed by atoms with van der Waals surface area (Å²) in [5.74, 6) is 0. The molecule has 0 spiro atoms. The van der Waals surface area contributed by atoms with Crippen LogP contribution in [0.2, 0.25) is 5.02 Å². The van der Waals surface area contributed by atoms with Crippen LogP contribution >= 0.6 is 11.6 Å². The molecule has 112 valence electrons. The maximum atomic E-state index is 12.2. The molecular formula is C16H13ClN2O2S. The number of aryl methyl sites for hydroxylation is 1. The zero-order valence-corrected chi connectivity index (χ0v) is 13.3. The Morgan fingerprint density at radius 3 is 2.55 bits per heavy atom. The minimum atomic E-state index is -3.70. The number of benzene rings is 2. The van der Waals surface area contributed by atoms with Crippen LogP contribution in [0.5, 0.6) is 0 Å². The van der Waals surface area contributed by atoms with E-state index in [4.69, 9.17) is 11.6 Å². The molecule has 1 heterocycles. The third-order valence-corrected chi connectivity index (χ3v) is 4.74. The second-order valence-corrected chi connectivity index (χ2v) is 7.05. The van der Waals surface area contributed by atoms with E-state index < -0.39 is 10.0 Å². The van der Waals surface area contributed by atoms with Gasteiger partial charge >= 0.3 is 0 Å². The van der Waals surface area contributed by atoms with E-state index in [0.29, 0.717) is 10.7 Å². The monoisotopic (exact) mass is 332 g/mol. The Morgan fingerprint density at radius 2 is 1.82 bits per heavy atom. The highest BCUT2D eigenvalue weighted by molar-refractivity contribution is 7.90. The van der Waals surface area contributed by atoms with Gasteiger partial charge in [0.2, 0.25) is 0 Å². The highest BCUT2D eigenvalue weighted by Gasteiger charge is 2.11. The minimum Gasteiger partial charge on any atom is -0.354 e. The molecule has 0 fully saturated rings. The summed E-state index contributed by atoms with van der Waals surface area (Å²) >= 11 is 5.92. The van der Waals surface area contributed by atoms with E-state index in [1.807, 2.05) is 19.1 Å². The van der Waals surface area contributed by atoms with Crippen molar-refractivity contribution in [2.24, 2.45) is 4.40 Å². The fraction of sp³-hybridized carbons (Fsp3) is 0.0625. The molecule has 1 aromatic heterocycles. The van der Waals surface area contributed by atoms with Gasteiger partial charge in [-0.3, -0.25) is 0 Å². The standard InChI is InChI=1S/C16H13ClN2O2S/c1-11-2-6-15(7-3-11)22(20,21)18-10-14-8-12-4-5-13(17)9-16(12)19-14/h2-10,19H,1H3/b18-10+. The summed E-state index contributed by atoms with van der Waals surface area (Å²) in [6, 6.07) is 13.8. The zero-order valence-electron chi connectivity index (χ0n) is 11.7. The molecule has 0 atom stereocenters. The van der Waals surface area contributed by atoms with Crippen LogP contribution in [-0.4, -0.2) is 19.6 Å². The molecule has 0 aliphatic heterocycles. The Kier molecular flexibility index (Phi) is 3.76. The van der Waals surface area contributed by atoms with Crippen LogP contribution in [0.15, 0.2) is 57.8 Å². The van der Waals surface area contributed by atoms with Gasteiger partial charge in [-0.2, -0.15) is 12.8 Å². The van der Waals surface area contributed by atoms with Crippen molar-refractivity contribution in [2.45, 2.75) is 11.8 Å². The highest BCUT2D eigenvalue weighted by atomic mass is 35.5. The summed E-state index contributed by atoms with van der Waals surface area (Å²) in [6.45, 7) is 1.90. The maximum Gasteiger partial charge on any atom is 0.282 e. The Labute approximate surface area is 133 Å². The fourth-order valence-electron chi connectivity index (χ4n) is 2.09. The van der Waals surface area contributed by atoms with Crippen LogP contribution in [0, 0.1) is 6.92 Å². The first kappa shape index (κ1) is 14.8. The summed E-state index contributed by atoms with van der Waals surface area (Å²) < 4.78 is 28.0. The molecule has 0 bridgehead atoms. The van der Waals surface area contributed by atoms with E-state index in [1.54, 1.807) is 36.4 Å². The van der Waals surface area contributed by atoms with Crippen LogP contribution in [0.25, 0.3) is 10.9 Å². The van der Waals surface area contributed by atoms with Gasteiger partial charge in [-0.25, -0.2) is 0 Å². The highest BCUT2D eigenvalue weighted by Crippen LogP contribution is 2.20. The van der Waals surface area contributed by atoms with Crippen LogP contribution in [-0.2, 0) is 10.0 Å². The number of nitrogens with zero attached hydrogens (tertiary/aromatic N) is 1. The number of fused-ring (bicyclic) bond motifs is 1. The summed E-state index contributed by atoms with van der Waals surface area (Å²) in [5, 5.41) is 1.56. The molecule has 3 rings (SSSR count). The second kappa shape index (κ2) is 5.59. The lowest BCUT2D eigenvalue weighted by molar-refractivity contribution is 0.598. The molecule has 0 aliphatic rings. The lowest BCUT2D eigenvalue weighted by Gasteiger charge is -1.98. The normalized spacial score (nSPS) is 12.3. The number of sulfonamides is 1. The first-order chi connectivity index (χ1) is 10.4. The van der Waals surface area contributed by atoms with E-state index in [9.17, 15) is 8.42 Å². The van der Waals surface area contributed by atoms with Crippen LogP contribution in [0.4, 0.5) is 0 Å². The average molecular weight is 333 g/mol. The van der Waals surface area contributed by atoms with E-state index >= 15 is 0 Å². The molecule has 0 radical (unpaired) electrons. The van der Waals surface area contributed by atoms with Crippen molar-refractivity contribution < 1.29 is 8.42 Å². The third kappa shape index (κ3) is 3.05. The summed E-state index contributed by atoms with van der Waals surface area (Å²) in [7, 11) is -3.70. The van der Waals surface area contributed by atoms with E-state index in [0.717, 1.165) is 16.5 Å². The van der Waals surface area contributed by atoms with Crippen molar-refractivity contribution >= 4 is 38.7 Å². The topological polar surface area (TPSA) is 62.3 Å². The fourth-order valence-corrected chi connectivity index (χ4v) is 3.11. The van der Waals surface area contributed by atoms with Gasteiger partial charge in [-0.15, -0.1) is 0 Å². The Hall–Kier alpha value is -2.11. The molecule has 22 heavy (non-hydrogen) atoms. The predicted octanol–water partition coefficient (Wildman–Crippen LogP) is 3.94. The summed E-state index contributed by atoms with van der Waals surface area (Å²) in [6.07, 6.45) is 1.31. The lowest BCUT2D eigenvalue weighted by Crippen LogP contribution is -1.97.